The zero-order valence-electron chi connectivity index (χ0n) is 11.8. The fourth-order valence-electron chi connectivity index (χ4n) is 2.32. The van der Waals surface area contributed by atoms with Gasteiger partial charge in [-0.05, 0) is 32.4 Å². The Morgan fingerprint density at radius 3 is 2.37 bits per heavy atom. The molecule has 1 aromatic carbocycles. The van der Waals surface area contributed by atoms with E-state index in [0.717, 1.165) is 4.47 Å². The summed E-state index contributed by atoms with van der Waals surface area (Å²) in [6, 6.07) is 8.88. The van der Waals surface area contributed by atoms with Crippen LogP contribution in [0, 0.1) is 6.92 Å². The third kappa shape index (κ3) is 3.07. The van der Waals surface area contributed by atoms with Crippen LogP contribution in [0.1, 0.15) is 42.8 Å². The van der Waals surface area contributed by atoms with E-state index in [9.17, 15) is 0 Å². The van der Waals surface area contributed by atoms with E-state index in [2.05, 4.69) is 65.3 Å². The summed E-state index contributed by atoms with van der Waals surface area (Å²) in [5.74, 6) is 0. The first-order valence-corrected chi connectivity index (χ1v) is 7.29. The van der Waals surface area contributed by atoms with Crippen molar-refractivity contribution in [2.24, 2.45) is 7.05 Å². The molecule has 1 N–H and O–H groups in total. The van der Waals surface area contributed by atoms with Crippen LogP contribution in [0.2, 0.25) is 0 Å². The molecule has 1 heterocycles. The highest BCUT2D eigenvalue weighted by Crippen LogP contribution is 2.26. The Balaban J connectivity index is 2.13. The molecule has 0 fully saturated rings. The number of hydrogen-bond acceptors (Lipinski definition) is 2. The third-order valence-corrected chi connectivity index (χ3v) is 4.33. The minimum atomic E-state index is 0.274. The first kappa shape index (κ1) is 14.3. The molecule has 0 saturated carbocycles. The van der Waals surface area contributed by atoms with Crippen LogP contribution in [0.5, 0.6) is 0 Å². The smallest absolute Gasteiger partial charge is 0.0540 e. The quantitative estimate of drug-likeness (QED) is 0.925. The van der Waals surface area contributed by atoms with Crippen LogP contribution in [0.25, 0.3) is 0 Å². The first-order chi connectivity index (χ1) is 9.00. The summed E-state index contributed by atoms with van der Waals surface area (Å²) in [6.07, 6.45) is 1.94. The number of hydrogen-bond donors (Lipinski definition) is 1. The number of benzene rings is 1. The van der Waals surface area contributed by atoms with Crippen LogP contribution >= 0.6 is 15.9 Å². The van der Waals surface area contributed by atoms with E-state index in [4.69, 9.17) is 0 Å². The molecule has 2 rings (SSSR count). The van der Waals surface area contributed by atoms with E-state index < -0.39 is 0 Å². The lowest BCUT2D eigenvalue weighted by Gasteiger charge is -2.21. The molecule has 4 heteroatoms. The minimum absolute atomic E-state index is 0.274. The Morgan fingerprint density at radius 2 is 1.79 bits per heavy atom. The van der Waals surface area contributed by atoms with Crippen molar-refractivity contribution in [2.75, 3.05) is 0 Å². The average molecular weight is 322 g/mol. The zero-order chi connectivity index (χ0) is 14.0. The van der Waals surface area contributed by atoms with Crippen molar-refractivity contribution in [1.82, 2.24) is 15.1 Å². The van der Waals surface area contributed by atoms with Gasteiger partial charge >= 0.3 is 0 Å². The fraction of sp³-hybridized carbons (Fsp3) is 0.400. The summed E-state index contributed by atoms with van der Waals surface area (Å²) in [4.78, 5) is 0. The largest absolute Gasteiger partial charge is 0.303 e. The number of rotatable bonds is 4. The molecule has 2 atom stereocenters. The molecular weight excluding hydrogens is 302 g/mol. The molecule has 0 amide bonds. The van der Waals surface area contributed by atoms with Crippen LogP contribution in [0.3, 0.4) is 0 Å². The van der Waals surface area contributed by atoms with Gasteiger partial charge in [0.15, 0.2) is 0 Å². The summed E-state index contributed by atoms with van der Waals surface area (Å²) in [5, 5.41) is 7.93. The molecule has 19 heavy (non-hydrogen) atoms. The van der Waals surface area contributed by atoms with E-state index >= 15 is 0 Å². The monoisotopic (exact) mass is 321 g/mol. The van der Waals surface area contributed by atoms with Crippen molar-refractivity contribution in [1.29, 1.82) is 0 Å². The van der Waals surface area contributed by atoms with Gasteiger partial charge in [-0.15, -0.1) is 0 Å². The number of aryl methyl sites for hydroxylation is 1. The highest BCUT2D eigenvalue weighted by molar-refractivity contribution is 9.10. The Hall–Kier alpha value is -1.13. The van der Waals surface area contributed by atoms with Crippen molar-refractivity contribution < 1.29 is 0 Å². The van der Waals surface area contributed by atoms with Crippen molar-refractivity contribution in [3.8, 4) is 0 Å². The number of nitrogens with one attached hydrogen (secondary N) is 1. The molecule has 1 aromatic heterocycles. The van der Waals surface area contributed by atoms with Crippen LogP contribution in [-0.2, 0) is 7.05 Å². The predicted molar refractivity (Wildman–Crippen MR) is 82.1 cm³/mol. The second-order valence-electron chi connectivity index (χ2n) is 4.94. The molecule has 0 aliphatic heterocycles. The summed E-state index contributed by atoms with van der Waals surface area (Å²) >= 11 is 3.61. The van der Waals surface area contributed by atoms with E-state index in [0.29, 0.717) is 0 Å². The molecule has 0 radical (unpaired) electrons. The highest BCUT2D eigenvalue weighted by Gasteiger charge is 2.16. The molecule has 0 saturated heterocycles. The van der Waals surface area contributed by atoms with Gasteiger partial charge in [-0.3, -0.25) is 4.68 Å². The van der Waals surface area contributed by atoms with Gasteiger partial charge in [0.1, 0.15) is 0 Å². The summed E-state index contributed by atoms with van der Waals surface area (Å²) in [6.45, 7) is 6.46. The van der Waals surface area contributed by atoms with Gasteiger partial charge < -0.3 is 5.32 Å². The molecule has 2 unspecified atom stereocenters. The van der Waals surface area contributed by atoms with E-state index in [1.165, 1.54) is 16.8 Å². The first-order valence-electron chi connectivity index (χ1n) is 6.49. The van der Waals surface area contributed by atoms with Gasteiger partial charge in [-0.25, -0.2) is 0 Å². The maximum Gasteiger partial charge on any atom is 0.0540 e. The van der Waals surface area contributed by atoms with Gasteiger partial charge in [0, 0.05) is 34.9 Å². The average Bonchev–Trinajstić information content (AvgIpc) is 2.70. The second kappa shape index (κ2) is 5.88. The third-order valence-electron chi connectivity index (χ3n) is 3.61. The second-order valence-corrected chi connectivity index (χ2v) is 5.79. The van der Waals surface area contributed by atoms with Gasteiger partial charge in [-0.2, -0.15) is 5.10 Å². The number of aromatic nitrogens is 2. The lowest BCUT2D eigenvalue weighted by molar-refractivity contribution is 0.491. The Kier molecular flexibility index (Phi) is 4.42. The van der Waals surface area contributed by atoms with E-state index in [1.54, 1.807) is 0 Å². The van der Waals surface area contributed by atoms with Crippen LogP contribution < -0.4 is 5.32 Å². The van der Waals surface area contributed by atoms with Gasteiger partial charge in [0.25, 0.3) is 0 Å². The normalized spacial score (nSPS) is 14.4. The van der Waals surface area contributed by atoms with E-state index in [-0.39, 0.29) is 12.1 Å². The topological polar surface area (TPSA) is 29.9 Å². The van der Waals surface area contributed by atoms with Crippen LogP contribution in [0.4, 0.5) is 0 Å². The molecular formula is C15H20BrN3. The van der Waals surface area contributed by atoms with Crippen molar-refractivity contribution in [2.45, 2.75) is 32.9 Å². The lowest BCUT2D eigenvalue weighted by atomic mass is 10.0. The van der Waals surface area contributed by atoms with Crippen LogP contribution in [0.15, 0.2) is 34.9 Å². The van der Waals surface area contributed by atoms with Crippen molar-refractivity contribution in [3.05, 3.63) is 51.8 Å². The molecule has 0 bridgehead atoms. The zero-order valence-corrected chi connectivity index (χ0v) is 13.4. The number of nitrogens with zero attached hydrogens (tertiary/aromatic N) is 2. The Bertz CT molecular complexity index is 562. The number of halogens is 1. The minimum Gasteiger partial charge on any atom is -0.303 e. The predicted octanol–water partition coefficient (Wildman–Crippen LogP) is 3.90. The Labute approximate surface area is 123 Å². The van der Waals surface area contributed by atoms with Gasteiger partial charge in [-0.1, -0.05) is 34.1 Å². The van der Waals surface area contributed by atoms with Crippen molar-refractivity contribution >= 4 is 15.9 Å². The Morgan fingerprint density at radius 1 is 1.16 bits per heavy atom. The van der Waals surface area contributed by atoms with Gasteiger partial charge in [0.2, 0.25) is 0 Å². The molecule has 2 aromatic rings. The molecule has 0 spiro atoms. The molecule has 0 aliphatic carbocycles. The molecule has 3 nitrogen and oxygen atoms in total. The maximum absolute atomic E-state index is 4.30. The summed E-state index contributed by atoms with van der Waals surface area (Å²) in [7, 11) is 1.97. The van der Waals surface area contributed by atoms with Gasteiger partial charge in [0.05, 0.1) is 6.20 Å². The lowest BCUT2D eigenvalue weighted by Crippen LogP contribution is -2.23. The fourth-order valence-corrected chi connectivity index (χ4v) is 2.95. The molecule has 0 aliphatic rings. The summed E-state index contributed by atoms with van der Waals surface area (Å²) < 4.78 is 3.06. The van der Waals surface area contributed by atoms with Crippen molar-refractivity contribution in [3.63, 3.8) is 0 Å². The van der Waals surface area contributed by atoms with E-state index in [1.807, 2.05) is 24.0 Å². The molecule has 102 valence electrons. The maximum atomic E-state index is 4.30. The summed E-state index contributed by atoms with van der Waals surface area (Å²) in [5.41, 5.74) is 3.73. The highest BCUT2D eigenvalue weighted by atomic mass is 79.9. The van der Waals surface area contributed by atoms with Crippen LogP contribution in [-0.4, -0.2) is 9.78 Å². The standard InChI is InChI=1S/C15H20BrN3/c1-10(13-7-5-6-8-15(13)16)18-11(2)14-9-17-19(4)12(14)3/h5-11,18H,1-4H3. The SMILES string of the molecule is Cc1c(C(C)NC(C)c2ccccc2Br)cnn1C.